The van der Waals surface area contributed by atoms with Gasteiger partial charge in [-0.05, 0) is 43.7 Å². The average Bonchev–Trinajstić information content (AvgIpc) is 3.01. The van der Waals surface area contributed by atoms with Crippen LogP contribution in [0.5, 0.6) is 5.75 Å². The third-order valence-corrected chi connectivity index (χ3v) is 3.62. The van der Waals surface area contributed by atoms with Crippen molar-refractivity contribution in [3.05, 3.63) is 65.9 Å². The third kappa shape index (κ3) is 3.81. The summed E-state index contributed by atoms with van der Waals surface area (Å²) in [7, 11) is 0. The number of aromatic amines is 1. The smallest absolute Gasteiger partial charge is 0.262 e. The summed E-state index contributed by atoms with van der Waals surface area (Å²) >= 11 is 0. The molecule has 0 aliphatic carbocycles. The lowest BCUT2D eigenvalue weighted by atomic mass is 10.1. The molecule has 0 radical (unpaired) electrons. The zero-order valence-corrected chi connectivity index (χ0v) is 13.7. The fourth-order valence-corrected chi connectivity index (χ4v) is 2.35. The molecule has 0 unspecified atom stereocenters. The van der Waals surface area contributed by atoms with Crippen molar-refractivity contribution >= 4 is 11.6 Å². The minimum Gasteiger partial charge on any atom is -0.483 e. The van der Waals surface area contributed by atoms with Gasteiger partial charge in [-0.1, -0.05) is 30.3 Å². The topological polar surface area (TPSA) is 67.0 Å². The SMILES string of the molecule is Cc1cc(-c2ccc(NC(=O)COc3ccccc3C)cc2)n[nH]1. The molecule has 2 aromatic carbocycles. The van der Waals surface area contributed by atoms with Crippen LogP contribution in [0.3, 0.4) is 0 Å². The van der Waals surface area contributed by atoms with Crippen LogP contribution in [0.1, 0.15) is 11.3 Å². The summed E-state index contributed by atoms with van der Waals surface area (Å²) < 4.78 is 5.54. The van der Waals surface area contributed by atoms with E-state index in [9.17, 15) is 4.79 Å². The first-order valence-electron chi connectivity index (χ1n) is 7.72. The lowest BCUT2D eigenvalue weighted by molar-refractivity contribution is -0.118. The Balaban J connectivity index is 1.57. The number of anilines is 1. The first-order chi connectivity index (χ1) is 11.6. The zero-order chi connectivity index (χ0) is 16.9. The molecule has 1 heterocycles. The molecular formula is C19H19N3O2. The molecule has 0 bridgehead atoms. The van der Waals surface area contributed by atoms with Crippen molar-refractivity contribution in [2.45, 2.75) is 13.8 Å². The zero-order valence-electron chi connectivity index (χ0n) is 13.7. The molecule has 0 spiro atoms. The number of ether oxygens (including phenoxy) is 1. The maximum Gasteiger partial charge on any atom is 0.262 e. The Hall–Kier alpha value is -3.08. The van der Waals surface area contributed by atoms with Gasteiger partial charge in [-0.3, -0.25) is 9.89 Å². The van der Waals surface area contributed by atoms with Gasteiger partial charge in [0.1, 0.15) is 5.75 Å². The summed E-state index contributed by atoms with van der Waals surface area (Å²) in [4.78, 5) is 12.0. The van der Waals surface area contributed by atoms with E-state index in [1.165, 1.54) is 0 Å². The summed E-state index contributed by atoms with van der Waals surface area (Å²) in [6.45, 7) is 3.88. The first kappa shape index (κ1) is 15.8. The summed E-state index contributed by atoms with van der Waals surface area (Å²) in [5.74, 6) is 0.526. The van der Waals surface area contributed by atoms with Crippen molar-refractivity contribution in [1.82, 2.24) is 10.2 Å². The largest absolute Gasteiger partial charge is 0.483 e. The number of hydrogen-bond acceptors (Lipinski definition) is 3. The van der Waals surface area contributed by atoms with Gasteiger partial charge in [0, 0.05) is 16.9 Å². The van der Waals surface area contributed by atoms with Crippen LogP contribution in [0.25, 0.3) is 11.3 Å². The van der Waals surface area contributed by atoms with Crippen molar-refractivity contribution in [2.24, 2.45) is 0 Å². The molecule has 0 aliphatic heterocycles. The molecule has 0 atom stereocenters. The van der Waals surface area contributed by atoms with Crippen LogP contribution in [0.15, 0.2) is 54.6 Å². The Kier molecular flexibility index (Phi) is 4.61. The third-order valence-electron chi connectivity index (χ3n) is 3.62. The highest BCUT2D eigenvalue weighted by Gasteiger charge is 2.06. The molecule has 1 aromatic heterocycles. The lowest BCUT2D eigenvalue weighted by Gasteiger charge is -2.09. The Labute approximate surface area is 140 Å². The molecule has 3 aromatic rings. The molecule has 122 valence electrons. The van der Waals surface area contributed by atoms with Crippen LogP contribution < -0.4 is 10.1 Å². The summed E-state index contributed by atoms with van der Waals surface area (Å²) in [6.07, 6.45) is 0. The van der Waals surface area contributed by atoms with Gasteiger partial charge in [0.2, 0.25) is 0 Å². The minimum atomic E-state index is -0.193. The van der Waals surface area contributed by atoms with Gasteiger partial charge >= 0.3 is 0 Å². The normalized spacial score (nSPS) is 10.4. The summed E-state index contributed by atoms with van der Waals surface area (Å²) in [6, 6.07) is 17.1. The Bertz CT molecular complexity index is 838. The molecule has 0 aliphatic rings. The number of para-hydroxylation sites is 1. The minimum absolute atomic E-state index is 0.0227. The lowest BCUT2D eigenvalue weighted by Crippen LogP contribution is -2.20. The number of carbonyl (C=O) groups is 1. The highest BCUT2D eigenvalue weighted by Crippen LogP contribution is 2.20. The van der Waals surface area contributed by atoms with E-state index in [2.05, 4.69) is 15.5 Å². The van der Waals surface area contributed by atoms with Crippen LogP contribution in [0, 0.1) is 13.8 Å². The Morgan fingerprint density at radius 2 is 1.88 bits per heavy atom. The molecule has 0 saturated heterocycles. The van der Waals surface area contributed by atoms with Gasteiger partial charge in [0.15, 0.2) is 6.61 Å². The second kappa shape index (κ2) is 7.00. The van der Waals surface area contributed by atoms with Gasteiger partial charge < -0.3 is 10.1 Å². The van der Waals surface area contributed by atoms with E-state index >= 15 is 0 Å². The van der Waals surface area contributed by atoms with E-state index in [-0.39, 0.29) is 12.5 Å². The molecule has 3 rings (SSSR count). The average molecular weight is 321 g/mol. The molecule has 2 N–H and O–H groups in total. The van der Waals surface area contributed by atoms with Crippen LogP contribution in [-0.2, 0) is 4.79 Å². The number of hydrogen-bond donors (Lipinski definition) is 2. The van der Waals surface area contributed by atoms with Gasteiger partial charge in [0.05, 0.1) is 5.69 Å². The van der Waals surface area contributed by atoms with Crippen LogP contribution in [0.2, 0.25) is 0 Å². The Morgan fingerprint density at radius 1 is 1.12 bits per heavy atom. The van der Waals surface area contributed by atoms with Crippen molar-refractivity contribution < 1.29 is 9.53 Å². The first-order valence-corrected chi connectivity index (χ1v) is 7.72. The van der Waals surface area contributed by atoms with E-state index in [1.807, 2.05) is 68.4 Å². The van der Waals surface area contributed by atoms with Gasteiger partial charge in [0.25, 0.3) is 5.91 Å². The molecule has 0 saturated carbocycles. The molecule has 5 heteroatoms. The molecule has 5 nitrogen and oxygen atoms in total. The number of rotatable bonds is 5. The number of benzene rings is 2. The summed E-state index contributed by atoms with van der Waals surface area (Å²) in [5, 5.41) is 9.95. The highest BCUT2D eigenvalue weighted by atomic mass is 16.5. The molecule has 1 amide bonds. The number of amides is 1. The fourth-order valence-electron chi connectivity index (χ4n) is 2.35. The number of nitrogens with one attached hydrogen (secondary N) is 2. The van der Waals surface area contributed by atoms with E-state index in [1.54, 1.807) is 0 Å². The monoisotopic (exact) mass is 321 g/mol. The highest BCUT2D eigenvalue weighted by molar-refractivity contribution is 5.92. The predicted octanol–water partition coefficient (Wildman–Crippen LogP) is 3.71. The number of carbonyl (C=O) groups excluding carboxylic acids is 1. The van der Waals surface area contributed by atoms with E-state index in [4.69, 9.17) is 4.74 Å². The molecular weight excluding hydrogens is 302 g/mol. The fraction of sp³-hybridized carbons (Fsp3) is 0.158. The quantitative estimate of drug-likeness (QED) is 0.753. The summed E-state index contributed by atoms with van der Waals surface area (Å²) in [5.41, 5.74) is 4.62. The van der Waals surface area contributed by atoms with Gasteiger partial charge in [-0.25, -0.2) is 0 Å². The Morgan fingerprint density at radius 3 is 2.54 bits per heavy atom. The number of nitrogens with zero attached hydrogens (tertiary/aromatic N) is 1. The van der Waals surface area contributed by atoms with Crippen molar-refractivity contribution in [3.8, 4) is 17.0 Å². The number of H-pyrrole nitrogens is 1. The molecule has 0 fully saturated rings. The van der Waals surface area contributed by atoms with Crippen molar-refractivity contribution in [1.29, 1.82) is 0 Å². The van der Waals surface area contributed by atoms with Crippen LogP contribution >= 0.6 is 0 Å². The van der Waals surface area contributed by atoms with Gasteiger partial charge in [-0.2, -0.15) is 5.10 Å². The second-order valence-corrected chi connectivity index (χ2v) is 5.62. The number of aryl methyl sites for hydroxylation is 2. The number of aromatic nitrogens is 2. The second-order valence-electron chi connectivity index (χ2n) is 5.62. The predicted molar refractivity (Wildman–Crippen MR) is 94.1 cm³/mol. The van der Waals surface area contributed by atoms with Crippen molar-refractivity contribution in [3.63, 3.8) is 0 Å². The van der Waals surface area contributed by atoms with Crippen LogP contribution in [-0.4, -0.2) is 22.7 Å². The standard InChI is InChI=1S/C19H19N3O2/c1-13-5-3-4-6-18(13)24-12-19(23)20-16-9-7-15(8-10-16)17-11-14(2)21-22-17/h3-11H,12H2,1-2H3,(H,20,23)(H,21,22). The van der Waals surface area contributed by atoms with Crippen LogP contribution in [0.4, 0.5) is 5.69 Å². The molecule has 24 heavy (non-hydrogen) atoms. The maximum atomic E-state index is 12.0. The van der Waals surface area contributed by atoms with E-state index in [0.29, 0.717) is 0 Å². The van der Waals surface area contributed by atoms with Gasteiger partial charge in [-0.15, -0.1) is 0 Å². The van der Waals surface area contributed by atoms with E-state index in [0.717, 1.165) is 34.0 Å². The van der Waals surface area contributed by atoms with E-state index < -0.39 is 0 Å². The van der Waals surface area contributed by atoms with Crippen molar-refractivity contribution in [2.75, 3.05) is 11.9 Å². The maximum absolute atomic E-state index is 12.0.